The minimum absolute atomic E-state index is 0.117. The number of hydrogen-bond acceptors (Lipinski definition) is 4. The third-order valence-electron chi connectivity index (χ3n) is 4.28. The molecule has 27 heavy (non-hydrogen) atoms. The van der Waals surface area contributed by atoms with Gasteiger partial charge in [-0.25, -0.2) is 0 Å². The molecule has 0 fully saturated rings. The third kappa shape index (κ3) is 3.70. The first-order chi connectivity index (χ1) is 13.2. The van der Waals surface area contributed by atoms with Crippen LogP contribution in [-0.4, -0.2) is 12.9 Å². The highest BCUT2D eigenvalue weighted by atomic mass is 16.5. The van der Waals surface area contributed by atoms with Gasteiger partial charge in [-0.15, -0.1) is 0 Å². The second-order valence-corrected chi connectivity index (χ2v) is 6.15. The van der Waals surface area contributed by atoms with E-state index in [1.54, 1.807) is 31.4 Å². The molecule has 0 saturated heterocycles. The topological polar surface area (TPSA) is 44.8 Å². The Hall–Kier alpha value is -3.53. The third-order valence-corrected chi connectivity index (χ3v) is 4.28. The molecule has 0 amide bonds. The van der Waals surface area contributed by atoms with Gasteiger partial charge in [0.1, 0.15) is 23.9 Å². The fourth-order valence-corrected chi connectivity index (χ4v) is 2.89. The molecule has 0 radical (unpaired) electrons. The summed E-state index contributed by atoms with van der Waals surface area (Å²) in [5, 5.41) is 0. The quantitative estimate of drug-likeness (QED) is 0.609. The van der Waals surface area contributed by atoms with Crippen LogP contribution in [0.5, 0.6) is 17.2 Å². The van der Waals surface area contributed by atoms with Crippen LogP contribution >= 0.6 is 0 Å². The van der Waals surface area contributed by atoms with E-state index in [0.717, 1.165) is 16.9 Å². The number of carbonyl (C=O) groups excluding carboxylic acids is 1. The van der Waals surface area contributed by atoms with Crippen molar-refractivity contribution in [3.05, 3.63) is 95.2 Å². The van der Waals surface area contributed by atoms with Gasteiger partial charge < -0.3 is 14.2 Å². The molecule has 0 saturated carbocycles. The van der Waals surface area contributed by atoms with E-state index in [1.807, 2.05) is 54.6 Å². The first-order valence-corrected chi connectivity index (χ1v) is 8.62. The van der Waals surface area contributed by atoms with E-state index in [4.69, 9.17) is 14.2 Å². The number of rotatable bonds is 5. The summed E-state index contributed by atoms with van der Waals surface area (Å²) >= 11 is 0. The van der Waals surface area contributed by atoms with Gasteiger partial charge in [0, 0.05) is 6.07 Å². The molecule has 1 aliphatic heterocycles. The Morgan fingerprint density at radius 1 is 0.926 bits per heavy atom. The maximum absolute atomic E-state index is 12.5. The summed E-state index contributed by atoms with van der Waals surface area (Å²) in [7, 11) is 1.63. The molecule has 3 aromatic carbocycles. The summed E-state index contributed by atoms with van der Waals surface area (Å²) in [4.78, 5) is 12.5. The Morgan fingerprint density at radius 3 is 2.59 bits per heavy atom. The molecule has 0 unspecified atom stereocenters. The van der Waals surface area contributed by atoms with Crippen molar-refractivity contribution >= 4 is 11.9 Å². The van der Waals surface area contributed by atoms with Crippen molar-refractivity contribution in [1.82, 2.24) is 0 Å². The summed E-state index contributed by atoms with van der Waals surface area (Å²) in [6.45, 7) is 0.399. The van der Waals surface area contributed by atoms with Crippen LogP contribution in [0.3, 0.4) is 0 Å². The number of ether oxygens (including phenoxy) is 3. The van der Waals surface area contributed by atoms with Crippen LogP contribution in [0.2, 0.25) is 0 Å². The standard InChI is InChI=1S/C23H18O4/c1-25-18-9-5-8-17(12-18)15-26-19-10-11-20-21(14-19)27-22(23(20)24)13-16-6-3-2-4-7-16/h2-14H,15H2,1H3/b22-13-. The number of ketones is 1. The second-order valence-electron chi connectivity index (χ2n) is 6.15. The van der Waals surface area contributed by atoms with Crippen molar-refractivity contribution in [2.24, 2.45) is 0 Å². The molecule has 4 heteroatoms. The van der Waals surface area contributed by atoms with E-state index in [1.165, 1.54) is 0 Å². The van der Waals surface area contributed by atoms with Crippen molar-refractivity contribution in [2.75, 3.05) is 7.11 Å². The Kier molecular flexibility index (Phi) is 4.62. The van der Waals surface area contributed by atoms with Crippen LogP contribution in [0.4, 0.5) is 0 Å². The Labute approximate surface area is 157 Å². The fourth-order valence-electron chi connectivity index (χ4n) is 2.89. The van der Waals surface area contributed by atoms with E-state index < -0.39 is 0 Å². The highest BCUT2D eigenvalue weighted by Crippen LogP contribution is 2.35. The summed E-state index contributed by atoms with van der Waals surface area (Å²) in [5.41, 5.74) is 2.46. The molecule has 0 aromatic heterocycles. The summed E-state index contributed by atoms with van der Waals surface area (Å²) < 4.78 is 16.8. The number of fused-ring (bicyclic) bond motifs is 1. The zero-order chi connectivity index (χ0) is 18.6. The smallest absolute Gasteiger partial charge is 0.231 e. The molecular weight excluding hydrogens is 340 g/mol. The molecular formula is C23H18O4. The Balaban J connectivity index is 1.50. The van der Waals surface area contributed by atoms with Crippen molar-refractivity contribution < 1.29 is 19.0 Å². The lowest BCUT2D eigenvalue weighted by molar-refractivity contribution is 0.101. The molecule has 134 valence electrons. The van der Waals surface area contributed by atoms with Crippen LogP contribution in [-0.2, 0) is 6.61 Å². The zero-order valence-electron chi connectivity index (χ0n) is 14.8. The zero-order valence-corrected chi connectivity index (χ0v) is 14.8. The van der Waals surface area contributed by atoms with Crippen molar-refractivity contribution in [1.29, 1.82) is 0 Å². The maximum atomic E-state index is 12.5. The van der Waals surface area contributed by atoms with Gasteiger partial charge in [-0.1, -0.05) is 42.5 Å². The largest absolute Gasteiger partial charge is 0.497 e. The average molecular weight is 358 g/mol. The number of methoxy groups -OCH3 is 1. The fraction of sp³-hybridized carbons (Fsp3) is 0.0870. The van der Waals surface area contributed by atoms with Crippen LogP contribution in [0, 0.1) is 0 Å². The SMILES string of the molecule is COc1cccc(COc2ccc3c(c2)O/C(=C\c2ccccc2)C3=O)c1. The first kappa shape index (κ1) is 16.9. The number of Topliss-reactive ketones (excluding diaryl/α,β-unsaturated/α-hetero) is 1. The van der Waals surface area contributed by atoms with Gasteiger partial charge in [0.25, 0.3) is 0 Å². The molecule has 1 heterocycles. The highest BCUT2D eigenvalue weighted by molar-refractivity contribution is 6.14. The molecule has 4 rings (SSSR count). The van der Waals surface area contributed by atoms with Gasteiger partial charge in [0.15, 0.2) is 5.76 Å². The van der Waals surface area contributed by atoms with Crippen LogP contribution in [0.25, 0.3) is 6.08 Å². The lowest BCUT2D eigenvalue weighted by Crippen LogP contribution is -1.98. The molecule has 0 aliphatic carbocycles. The van der Waals surface area contributed by atoms with Gasteiger partial charge in [-0.3, -0.25) is 4.79 Å². The van der Waals surface area contributed by atoms with Crippen molar-refractivity contribution in [3.63, 3.8) is 0 Å². The number of benzene rings is 3. The molecule has 0 spiro atoms. The van der Waals surface area contributed by atoms with Gasteiger partial charge in [0.2, 0.25) is 5.78 Å². The maximum Gasteiger partial charge on any atom is 0.231 e. The van der Waals surface area contributed by atoms with Crippen LogP contribution in [0.1, 0.15) is 21.5 Å². The minimum Gasteiger partial charge on any atom is -0.497 e. The van der Waals surface area contributed by atoms with E-state index in [0.29, 0.717) is 29.4 Å². The molecule has 1 aliphatic rings. The van der Waals surface area contributed by atoms with Crippen molar-refractivity contribution in [2.45, 2.75) is 6.61 Å². The van der Waals surface area contributed by atoms with Gasteiger partial charge in [-0.05, 0) is 41.5 Å². The Morgan fingerprint density at radius 2 is 1.78 bits per heavy atom. The van der Waals surface area contributed by atoms with E-state index in [2.05, 4.69) is 0 Å². The molecule has 4 nitrogen and oxygen atoms in total. The predicted molar refractivity (Wildman–Crippen MR) is 103 cm³/mol. The second kappa shape index (κ2) is 7.38. The van der Waals surface area contributed by atoms with E-state index in [-0.39, 0.29) is 5.78 Å². The lowest BCUT2D eigenvalue weighted by atomic mass is 10.1. The molecule has 0 bridgehead atoms. The van der Waals surface area contributed by atoms with Gasteiger partial charge in [-0.2, -0.15) is 0 Å². The molecule has 0 N–H and O–H groups in total. The summed E-state index contributed by atoms with van der Waals surface area (Å²) in [5.74, 6) is 2.15. The monoisotopic (exact) mass is 358 g/mol. The summed E-state index contributed by atoms with van der Waals surface area (Å²) in [6.07, 6.45) is 1.75. The predicted octanol–water partition coefficient (Wildman–Crippen LogP) is 4.89. The molecule has 0 atom stereocenters. The van der Waals surface area contributed by atoms with Gasteiger partial charge >= 0.3 is 0 Å². The normalized spacial score (nSPS) is 14.0. The highest BCUT2D eigenvalue weighted by Gasteiger charge is 2.27. The Bertz CT molecular complexity index is 1010. The van der Waals surface area contributed by atoms with Gasteiger partial charge in [0.05, 0.1) is 12.7 Å². The summed E-state index contributed by atoms with van der Waals surface area (Å²) in [6, 6.07) is 22.6. The lowest BCUT2D eigenvalue weighted by Gasteiger charge is -2.08. The van der Waals surface area contributed by atoms with Crippen LogP contribution < -0.4 is 14.2 Å². The number of hydrogen-bond donors (Lipinski definition) is 0. The van der Waals surface area contributed by atoms with E-state index >= 15 is 0 Å². The van der Waals surface area contributed by atoms with Crippen LogP contribution in [0.15, 0.2) is 78.6 Å². The minimum atomic E-state index is -0.117. The first-order valence-electron chi connectivity index (χ1n) is 8.62. The molecule has 3 aromatic rings. The average Bonchev–Trinajstić information content (AvgIpc) is 3.02. The number of allylic oxidation sites excluding steroid dienone is 1. The number of carbonyl (C=O) groups is 1. The van der Waals surface area contributed by atoms with E-state index in [9.17, 15) is 4.79 Å². The van der Waals surface area contributed by atoms with Crippen molar-refractivity contribution in [3.8, 4) is 17.2 Å².